The van der Waals surface area contributed by atoms with E-state index in [1.165, 1.54) is 24.8 Å². The Hall–Kier alpha value is -0.420. The summed E-state index contributed by atoms with van der Waals surface area (Å²) in [6.07, 6.45) is 9.66. The van der Waals surface area contributed by atoms with E-state index in [4.69, 9.17) is 4.74 Å². The number of aliphatic hydroxyl groups is 3. The molecular formula is C26H42O4. The first-order valence-electron chi connectivity index (χ1n) is 12.5. The van der Waals surface area contributed by atoms with Gasteiger partial charge >= 0.3 is 0 Å². The van der Waals surface area contributed by atoms with Gasteiger partial charge in [-0.2, -0.15) is 0 Å². The molecule has 4 aliphatic carbocycles. The fourth-order valence-electron chi connectivity index (χ4n) is 8.90. The summed E-state index contributed by atoms with van der Waals surface area (Å²) in [6, 6.07) is 0. The molecule has 5 rings (SSSR count). The molecule has 0 amide bonds. The molecule has 1 heterocycles. The van der Waals surface area contributed by atoms with Gasteiger partial charge in [-0.25, -0.2) is 0 Å². The van der Waals surface area contributed by atoms with Crippen LogP contribution in [0.15, 0.2) is 11.6 Å². The van der Waals surface area contributed by atoms with Gasteiger partial charge in [0, 0.05) is 5.41 Å². The zero-order chi connectivity index (χ0) is 21.4. The molecule has 3 N–H and O–H groups in total. The molecule has 5 aliphatic rings. The smallest absolute Gasteiger partial charge is 0.182 e. The minimum atomic E-state index is -0.591. The number of rotatable bonds is 3. The average molecular weight is 419 g/mol. The Labute approximate surface area is 182 Å². The lowest BCUT2D eigenvalue weighted by Gasteiger charge is -2.63. The predicted octanol–water partition coefficient (Wildman–Crippen LogP) is 4.28. The monoisotopic (exact) mass is 418 g/mol. The SMILES string of the molecule is CC(=CCC1OC1O)C1CCC2C3C(O)CC4CC(C)CCC4(C)C3CC(O)C12C. The number of hydrogen-bond acceptors (Lipinski definition) is 4. The van der Waals surface area contributed by atoms with Gasteiger partial charge in [0.15, 0.2) is 6.29 Å². The van der Waals surface area contributed by atoms with Gasteiger partial charge in [0.1, 0.15) is 6.10 Å². The van der Waals surface area contributed by atoms with Crippen molar-refractivity contribution in [3.8, 4) is 0 Å². The molecule has 0 aromatic heterocycles. The van der Waals surface area contributed by atoms with Gasteiger partial charge in [0.25, 0.3) is 0 Å². The summed E-state index contributed by atoms with van der Waals surface area (Å²) in [5.41, 5.74) is 1.46. The summed E-state index contributed by atoms with van der Waals surface area (Å²) in [7, 11) is 0. The molecule has 4 saturated carbocycles. The van der Waals surface area contributed by atoms with Crippen LogP contribution in [0.2, 0.25) is 0 Å². The maximum atomic E-state index is 11.6. The number of ether oxygens (including phenoxy) is 1. The van der Waals surface area contributed by atoms with Crippen molar-refractivity contribution in [2.75, 3.05) is 0 Å². The van der Waals surface area contributed by atoms with Gasteiger partial charge in [-0.05, 0) is 92.8 Å². The summed E-state index contributed by atoms with van der Waals surface area (Å²) in [5, 5.41) is 32.4. The molecule has 0 bridgehead atoms. The van der Waals surface area contributed by atoms with Crippen LogP contribution >= 0.6 is 0 Å². The largest absolute Gasteiger partial charge is 0.393 e. The van der Waals surface area contributed by atoms with Gasteiger partial charge in [0.2, 0.25) is 0 Å². The number of hydrogen-bond donors (Lipinski definition) is 3. The maximum absolute atomic E-state index is 11.6. The third kappa shape index (κ3) is 3.08. The van der Waals surface area contributed by atoms with Crippen molar-refractivity contribution < 1.29 is 20.1 Å². The number of fused-ring (bicyclic) bond motifs is 5. The molecule has 12 atom stereocenters. The summed E-state index contributed by atoms with van der Waals surface area (Å²) < 4.78 is 5.16. The van der Waals surface area contributed by atoms with Crippen LogP contribution in [0.1, 0.15) is 79.1 Å². The lowest BCUT2D eigenvalue weighted by Crippen LogP contribution is -2.61. The second kappa shape index (κ2) is 7.30. The first-order valence-corrected chi connectivity index (χ1v) is 12.5. The van der Waals surface area contributed by atoms with E-state index in [1.54, 1.807) is 0 Å². The molecule has 12 unspecified atom stereocenters. The summed E-state index contributed by atoms with van der Waals surface area (Å²) >= 11 is 0. The van der Waals surface area contributed by atoms with E-state index in [0.29, 0.717) is 29.6 Å². The molecule has 4 nitrogen and oxygen atoms in total. The lowest BCUT2D eigenvalue weighted by atomic mass is 9.43. The molecule has 1 saturated heterocycles. The van der Waals surface area contributed by atoms with Crippen molar-refractivity contribution in [2.24, 2.45) is 46.3 Å². The number of epoxide rings is 1. The van der Waals surface area contributed by atoms with E-state index in [9.17, 15) is 15.3 Å². The third-order valence-corrected chi connectivity index (χ3v) is 10.8. The highest BCUT2D eigenvalue weighted by Gasteiger charge is 2.65. The third-order valence-electron chi connectivity index (χ3n) is 10.8. The summed E-state index contributed by atoms with van der Waals surface area (Å²) in [6.45, 7) is 9.36. The van der Waals surface area contributed by atoms with E-state index < -0.39 is 6.29 Å². The fourth-order valence-corrected chi connectivity index (χ4v) is 8.90. The van der Waals surface area contributed by atoms with Crippen molar-refractivity contribution in [3.05, 3.63) is 11.6 Å². The Morgan fingerprint density at radius 1 is 1.03 bits per heavy atom. The van der Waals surface area contributed by atoms with Gasteiger partial charge in [-0.3, -0.25) is 0 Å². The van der Waals surface area contributed by atoms with E-state index in [0.717, 1.165) is 38.0 Å². The van der Waals surface area contributed by atoms with E-state index in [-0.39, 0.29) is 29.1 Å². The zero-order valence-corrected chi connectivity index (χ0v) is 19.3. The highest BCUT2D eigenvalue weighted by Crippen LogP contribution is 2.68. The minimum absolute atomic E-state index is 0.0450. The van der Waals surface area contributed by atoms with Crippen molar-refractivity contribution in [1.82, 2.24) is 0 Å². The molecule has 0 aromatic rings. The maximum Gasteiger partial charge on any atom is 0.182 e. The molecule has 0 aromatic carbocycles. The van der Waals surface area contributed by atoms with Gasteiger partial charge < -0.3 is 20.1 Å². The quantitative estimate of drug-likeness (QED) is 0.473. The first-order chi connectivity index (χ1) is 14.2. The highest BCUT2D eigenvalue weighted by molar-refractivity contribution is 5.20. The van der Waals surface area contributed by atoms with Crippen LogP contribution in [0.25, 0.3) is 0 Å². The number of allylic oxidation sites excluding steroid dienone is 1. The normalized spacial score (nSPS) is 58.0. The fraction of sp³-hybridized carbons (Fsp3) is 0.923. The van der Waals surface area contributed by atoms with Crippen molar-refractivity contribution in [3.63, 3.8) is 0 Å². The van der Waals surface area contributed by atoms with Crippen molar-refractivity contribution in [2.45, 2.75) is 104 Å². The van der Waals surface area contributed by atoms with E-state index in [1.807, 2.05) is 0 Å². The van der Waals surface area contributed by atoms with Crippen LogP contribution in [-0.2, 0) is 4.74 Å². The summed E-state index contributed by atoms with van der Waals surface area (Å²) in [4.78, 5) is 0. The van der Waals surface area contributed by atoms with Gasteiger partial charge in [-0.1, -0.05) is 38.8 Å². The Kier molecular flexibility index (Phi) is 5.21. The van der Waals surface area contributed by atoms with E-state index in [2.05, 4.69) is 33.8 Å². The van der Waals surface area contributed by atoms with Crippen LogP contribution in [0.4, 0.5) is 0 Å². The molecule has 30 heavy (non-hydrogen) atoms. The second-order valence-electron chi connectivity index (χ2n) is 12.2. The van der Waals surface area contributed by atoms with Crippen LogP contribution in [0.3, 0.4) is 0 Å². The van der Waals surface area contributed by atoms with Crippen molar-refractivity contribution >= 4 is 0 Å². The Bertz CT molecular complexity index is 705. The van der Waals surface area contributed by atoms with Crippen LogP contribution in [0, 0.1) is 46.3 Å². The Balaban J connectivity index is 1.42. The van der Waals surface area contributed by atoms with Crippen LogP contribution in [0.5, 0.6) is 0 Å². The molecule has 4 heteroatoms. The minimum Gasteiger partial charge on any atom is -0.393 e. The van der Waals surface area contributed by atoms with Gasteiger partial charge in [-0.15, -0.1) is 0 Å². The second-order valence-corrected chi connectivity index (χ2v) is 12.2. The highest BCUT2D eigenvalue weighted by atomic mass is 16.7. The molecule has 0 spiro atoms. The number of aliphatic hydroxyl groups excluding tert-OH is 3. The lowest BCUT2D eigenvalue weighted by molar-refractivity contribution is -0.198. The van der Waals surface area contributed by atoms with Crippen molar-refractivity contribution in [1.29, 1.82) is 0 Å². The van der Waals surface area contributed by atoms with Crippen LogP contribution < -0.4 is 0 Å². The average Bonchev–Trinajstić information content (AvgIpc) is 3.28. The first kappa shape index (κ1) is 21.4. The molecule has 170 valence electrons. The Morgan fingerprint density at radius 2 is 1.77 bits per heavy atom. The van der Waals surface area contributed by atoms with Gasteiger partial charge in [0.05, 0.1) is 12.2 Å². The molecular weight excluding hydrogens is 376 g/mol. The standard InChI is InChI=1S/C26H42O4/c1-14-9-10-25(3)16(11-14)12-20(27)23-18-7-6-17(15(2)5-8-21-24(29)30-21)26(18,4)22(28)13-19(23)25/h5,14,16-24,27-29H,6-13H2,1-4H3. The topological polar surface area (TPSA) is 73.2 Å². The molecule has 5 fully saturated rings. The Morgan fingerprint density at radius 3 is 2.47 bits per heavy atom. The van der Waals surface area contributed by atoms with E-state index >= 15 is 0 Å². The summed E-state index contributed by atoms with van der Waals surface area (Å²) in [5.74, 6) is 2.92. The van der Waals surface area contributed by atoms with Crippen LogP contribution in [-0.4, -0.2) is 39.9 Å². The predicted molar refractivity (Wildman–Crippen MR) is 116 cm³/mol. The zero-order valence-electron chi connectivity index (χ0n) is 19.3. The molecule has 0 radical (unpaired) electrons. The molecule has 1 aliphatic heterocycles.